The summed E-state index contributed by atoms with van der Waals surface area (Å²) < 4.78 is 5.02. The highest BCUT2D eigenvalue weighted by Gasteiger charge is 2.43. The lowest BCUT2D eigenvalue weighted by Gasteiger charge is -2.38. The van der Waals surface area contributed by atoms with Crippen LogP contribution in [0.25, 0.3) is 0 Å². The molecule has 1 saturated heterocycles. The molecule has 2 rings (SSSR count). The van der Waals surface area contributed by atoms with Crippen LogP contribution in [0.1, 0.15) is 52.9 Å². The lowest BCUT2D eigenvalue weighted by Crippen LogP contribution is -2.55. The smallest absolute Gasteiger partial charge is 0.325 e. The normalized spacial score (nSPS) is 30.2. The number of carbonyl (C=O) groups excluding carboxylic acids is 1. The Morgan fingerprint density at radius 1 is 1.50 bits per heavy atom. The third-order valence-electron chi connectivity index (χ3n) is 5.12. The molecule has 20 heavy (non-hydrogen) atoms. The highest BCUT2D eigenvalue weighted by atomic mass is 16.5. The van der Waals surface area contributed by atoms with Gasteiger partial charge in [0.15, 0.2) is 0 Å². The molecule has 1 N–H and O–H groups in total. The second-order valence-corrected chi connectivity index (χ2v) is 6.83. The van der Waals surface area contributed by atoms with Gasteiger partial charge in [-0.1, -0.05) is 6.92 Å². The van der Waals surface area contributed by atoms with E-state index in [0.29, 0.717) is 6.04 Å². The summed E-state index contributed by atoms with van der Waals surface area (Å²) in [5, 5.41) is 3.39. The van der Waals surface area contributed by atoms with Gasteiger partial charge in [0.05, 0.1) is 7.11 Å². The summed E-state index contributed by atoms with van der Waals surface area (Å²) >= 11 is 0. The Morgan fingerprint density at radius 2 is 2.25 bits per heavy atom. The zero-order valence-corrected chi connectivity index (χ0v) is 13.4. The molecule has 1 heterocycles. The maximum atomic E-state index is 12.1. The number of methoxy groups -OCH3 is 1. The van der Waals surface area contributed by atoms with E-state index in [2.05, 4.69) is 24.1 Å². The Labute approximate surface area is 123 Å². The SMILES string of the molecule is CCCNC(C)(CC(C)N1CC2CCC1C2)C(=O)OC. The topological polar surface area (TPSA) is 41.6 Å². The van der Waals surface area contributed by atoms with Crippen LogP contribution >= 0.6 is 0 Å². The number of ether oxygens (including phenoxy) is 1. The first-order chi connectivity index (χ1) is 9.50. The zero-order valence-electron chi connectivity index (χ0n) is 13.4. The molecule has 0 aromatic carbocycles. The van der Waals surface area contributed by atoms with Crippen LogP contribution in [0.15, 0.2) is 0 Å². The maximum absolute atomic E-state index is 12.1. The van der Waals surface area contributed by atoms with Crippen LogP contribution in [0.4, 0.5) is 0 Å². The summed E-state index contributed by atoms with van der Waals surface area (Å²) in [4.78, 5) is 14.8. The molecule has 0 aromatic rings. The summed E-state index contributed by atoms with van der Waals surface area (Å²) in [6.45, 7) is 8.43. The first-order valence-electron chi connectivity index (χ1n) is 8.09. The number of hydrogen-bond donors (Lipinski definition) is 1. The molecule has 4 unspecified atom stereocenters. The average Bonchev–Trinajstić information content (AvgIpc) is 3.06. The molecule has 0 aromatic heterocycles. The molecule has 4 nitrogen and oxygen atoms in total. The third kappa shape index (κ3) is 3.17. The van der Waals surface area contributed by atoms with Gasteiger partial charge in [-0.05, 0) is 58.4 Å². The number of nitrogens with zero attached hydrogens (tertiary/aromatic N) is 1. The molecule has 116 valence electrons. The van der Waals surface area contributed by atoms with E-state index >= 15 is 0 Å². The number of likely N-dealkylation sites (tertiary alicyclic amines) is 1. The molecule has 2 bridgehead atoms. The third-order valence-corrected chi connectivity index (χ3v) is 5.12. The second-order valence-electron chi connectivity index (χ2n) is 6.83. The summed E-state index contributed by atoms with van der Waals surface area (Å²) in [5.74, 6) is 0.762. The van der Waals surface area contributed by atoms with Crippen molar-refractivity contribution in [2.24, 2.45) is 5.92 Å². The van der Waals surface area contributed by atoms with E-state index in [1.54, 1.807) is 0 Å². The highest BCUT2D eigenvalue weighted by molar-refractivity contribution is 5.80. The summed E-state index contributed by atoms with van der Waals surface area (Å²) in [6, 6.07) is 1.18. The Morgan fingerprint density at radius 3 is 2.75 bits per heavy atom. The molecular formula is C16H30N2O2. The van der Waals surface area contributed by atoms with Crippen molar-refractivity contribution in [1.29, 1.82) is 0 Å². The molecule has 2 aliphatic rings. The van der Waals surface area contributed by atoms with Gasteiger partial charge in [0.2, 0.25) is 0 Å². The number of piperidine rings is 1. The van der Waals surface area contributed by atoms with Gasteiger partial charge in [-0.2, -0.15) is 0 Å². The van der Waals surface area contributed by atoms with Crippen LogP contribution in [-0.4, -0.2) is 48.7 Å². The lowest BCUT2D eigenvalue weighted by atomic mass is 9.91. The van der Waals surface area contributed by atoms with E-state index in [4.69, 9.17) is 4.74 Å². The first-order valence-corrected chi connectivity index (χ1v) is 8.09. The van der Waals surface area contributed by atoms with Gasteiger partial charge in [-0.25, -0.2) is 0 Å². The van der Waals surface area contributed by atoms with E-state index < -0.39 is 5.54 Å². The van der Waals surface area contributed by atoms with Crippen molar-refractivity contribution in [3.05, 3.63) is 0 Å². The van der Waals surface area contributed by atoms with Crippen molar-refractivity contribution < 1.29 is 9.53 Å². The molecule has 4 heteroatoms. The minimum atomic E-state index is -0.563. The summed E-state index contributed by atoms with van der Waals surface area (Å²) in [5.41, 5.74) is -0.563. The van der Waals surface area contributed by atoms with Crippen molar-refractivity contribution in [2.75, 3.05) is 20.2 Å². The van der Waals surface area contributed by atoms with E-state index in [9.17, 15) is 4.79 Å². The Bertz CT molecular complexity index is 347. The standard InChI is InChI=1S/C16H30N2O2/c1-5-8-17-16(3,15(19)20-4)10-12(2)18-11-13-6-7-14(18)9-13/h12-14,17H,5-11H2,1-4H3. The Hall–Kier alpha value is -0.610. The number of carbonyl (C=O) groups is 1. The van der Waals surface area contributed by atoms with Gasteiger partial charge in [-0.15, -0.1) is 0 Å². The number of rotatable bonds is 7. The summed E-state index contributed by atoms with van der Waals surface area (Å²) in [6.07, 6.45) is 5.95. The second kappa shape index (κ2) is 6.44. The van der Waals surface area contributed by atoms with Crippen LogP contribution < -0.4 is 5.32 Å². The zero-order chi connectivity index (χ0) is 14.8. The molecule has 1 aliphatic heterocycles. The van der Waals surface area contributed by atoms with Crippen molar-refractivity contribution in [2.45, 2.75) is 70.5 Å². The predicted octanol–water partition coefficient (Wildman–Crippen LogP) is 2.18. The monoisotopic (exact) mass is 282 g/mol. The minimum absolute atomic E-state index is 0.137. The van der Waals surface area contributed by atoms with Crippen LogP contribution in [0, 0.1) is 5.92 Å². The van der Waals surface area contributed by atoms with Gasteiger partial charge < -0.3 is 10.1 Å². The molecule has 2 fully saturated rings. The Balaban J connectivity index is 1.97. The van der Waals surface area contributed by atoms with Crippen molar-refractivity contribution in [3.8, 4) is 0 Å². The molecule has 0 radical (unpaired) electrons. The van der Waals surface area contributed by atoms with Crippen molar-refractivity contribution in [3.63, 3.8) is 0 Å². The van der Waals surface area contributed by atoms with Gasteiger partial charge in [0.1, 0.15) is 5.54 Å². The van der Waals surface area contributed by atoms with Gasteiger partial charge >= 0.3 is 5.97 Å². The van der Waals surface area contributed by atoms with E-state index in [0.717, 1.165) is 31.3 Å². The maximum Gasteiger partial charge on any atom is 0.325 e. The van der Waals surface area contributed by atoms with Crippen LogP contribution in [0.5, 0.6) is 0 Å². The van der Waals surface area contributed by atoms with Gasteiger partial charge in [-0.3, -0.25) is 9.69 Å². The molecular weight excluding hydrogens is 252 g/mol. The minimum Gasteiger partial charge on any atom is -0.468 e. The molecule has 1 saturated carbocycles. The van der Waals surface area contributed by atoms with Crippen LogP contribution in [0.2, 0.25) is 0 Å². The van der Waals surface area contributed by atoms with Crippen molar-refractivity contribution >= 4 is 5.97 Å². The molecule has 4 atom stereocenters. The van der Waals surface area contributed by atoms with E-state index in [1.165, 1.54) is 32.9 Å². The quantitative estimate of drug-likeness (QED) is 0.727. The number of fused-ring (bicyclic) bond motifs is 2. The number of hydrogen-bond acceptors (Lipinski definition) is 4. The number of esters is 1. The largest absolute Gasteiger partial charge is 0.468 e. The van der Waals surface area contributed by atoms with Crippen LogP contribution in [-0.2, 0) is 9.53 Å². The fourth-order valence-corrected chi connectivity index (χ4v) is 4.06. The van der Waals surface area contributed by atoms with Crippen molar-refractivity contribution in [1.82, 2.24) is 10.2 Å². The van der Waals surface area contributed by atoms with Gasteiger partial charge in [0.25, 0.3) is 0 Å². The molecule has 1 aliphatic carbocycles. The summed E-state index contributed by atoms with van der Waals surface area (Å²) in [7, 11) is 1.48. The van der Waals surface area contributed by atoms with Crippen LogP contribution in [0.3, 0.4) is 0 Å². The first kappa shape index (κ1) is 15.8. The van der Waals surface area contributed by atoms with Gasteiger partial charge in [0, 0.05) is 18.6 Å². The van der Waals surface area contributed by atoms with E-state index in [1.807, 2.05) is 6.92 Å². The fourth-order valence-electron chi connectivity index (χ4n) is 4.06. The fraction of sp³-hybridized carbons (Fsp3) is 0.938. The molecule has 0 amide bonds. The van der Waals surface area contributed by atoms with E-state index in [-0.39, 0.29) is 5.97 Å². The number of nitrogens with one attached hydrogen (secondary N) is 1. The predicted molar refractivity (Wildman–Crippen MR) is 80.6 cm³/mol. The Kier molecular flexibility index (Phi) is 5.08. The average molecular weight is 282 g/mol. The molecule has 0 spiro atoms. The highest BCUT2D eigenvalue weighted by Crippen LogP contribution is 2.39. The lowest BCUT2D eigenvalue weighted by molar-refractivity contribution is -0.149.